The average molecular weight is 568 g/mol. The summed E-state index contributed by atoms with van der Waals surface area (Å²) >= 11 is 1.30. The van der Waals surface area contributed by atoms with Crippen LogP contribution in [0.4, 0.5) is 9.52 Å². The van der Waals surface area contributed by atoms with Crippen molar-refractivity contribution >= 4 is 45.0 Å². The maximum absolute atomic E-state index is 14.4. The molecule has 38 heavy (non-hydrogen) atoms. The average Bonchev–Trinajstić information content (AvgIpc) is 3.34. The van der Waals surface area contributed by atoms with Crippen LogP contribution in [0.25, 0.3) is 10.2 Å². The van der Waals surface area contributed by atoms with E-state index in [1.165, 1.54) is 17.4 Å². The Bertz CT molecular complexity index is 1180. The standard InChI is InChI=1S/C27H34FN3O5S.ClH/c1-4-34-21-17-19(18-22(35-5-2)25(21)36-6-3)26(32)31(12-8-11-30-13-15-33-16-14-30)27-29-24-20(28)9-7-10-23(24)37-27;/h7,9-10,17-18H,4-6,8,11-16H2,1-3H3;1H. The molecule has 0 N–H and O–H groups in total. The molecular formula is C27H35ClFN3O5S. The first kappa shape index (κ1) is 29.9. The van der Waals surface area contributed by atoms with Crippen molar-refractivity contribution in [3.8, 4) is 17.2 Å². The van der Waals surface area contributed by atoms with E-state index < -0.39 is 5.82 Å². The molecule has 2 heterocycles. The first-order valence-electron chi connectivity index (χ1n) is 12.8. The van der Waals surface area contributed by atoms with E-state index in [2.05, 4.69) is 9.88 Å². The topological polar surface area (TPSA) is 73.4 Å². The number of carbonyl (C=O) groups excluding carboxylic acids is 1. The van der Waals surface area contributed by atoms with Gasteiger partial charge in [0.25, 0.3) is 5.91 Å². The van der Waals surface area contributed by atoms with Crippen molar-refractivity contribution < 1.29 is 28.1 Å². The number of carbonyl (C=O) groups is 1. The normalized spacial score (nSPS) is 13.7. The van der Waals surface area contributed by atoms with Gasteiger partial charge in [0.15, 0.2) is 16.6 Å². The number of hydrogen-bond acceptors (Lipinski definition) is 8. The third kappa shape index (κ3) is 7.05. The van der Waals surface area contributed by atoms with Crippen molar-refractivity contribution in [2.75, 3.05) is 64.1 Å². The molecular weight excluding hydrogens is 533 g/mol. The molecule has 1 aliphatic heterocycles. The lowest BCUT2D eigenvalue weighted by molar-refractivity contribution is 0.0376. The first-order valence-corrected chi connectivity index (χ1v) is 13.6. The number of morpholine rings is 1. The highest BCUT2D eigenvalue weighted by Crippen LogP contribution is 2.40. The second-order valence-corrected chi connectivity index (χ2v) is 9.46. The molecule has 1 saturated heterocycles. The Morgan fingerprint density at radius 3 is 2.34 bits per heavy atom. The number of thiazole rings is 1. The maximum atomic E-state index is 14.4. The van der Waals surface area contributed by atoms with Crippen molar-refractivity contribution in [1.29, 1.82) is 0 Å². The van der Waals surface area contributed by atoms with Gasteiger partial charge in [-0.15, -0.1) is 12.4 Å². The predicted octanol–water partition coefficient (Wildman–Crippen LogP) is 5.42. The van der Waals surface area contributed by atoms with Crippen LogP contribution in [0.15, 0.2) is 30.3 Å². The first-order chi connectivity index (χ1) is 18.0. The highest BCUT2D eigenvalue weighted by Gasteiger charge is 2.26. The van der Waals surface area contributed by atoms with Crippen molar-refractivity contribution in [2.45, 2.75) is 27.2 Å². The van der Waals surface area contributed by atoms with Crippen LogP contribution >= 0.6 is 23.7 Å². The summed E-state index contributed by atoms with van der Waals surface area (Å²) in [6.07, 6.45) is 0.734. The monoisotopic (exact) mass is 567 g/mol. The van der Waals surface area contributed by atoms with E-state index in [0.29, 0.717) is 72.2 Å². The Morgan fingerprint density at radius 2 is 1.74 bits per heavy atom. The number of hydrogen-bond donors (Lipinski definition) is 0. The van der Waals surface area contributed by atoms with Crippen molar-refractivity contribution in [2.24, 2.45) is 0 Å². The molecule has 3 aromatic rings. The lowest BCUT2D eigenvalue weighted by Crippen LogP contribution is -2.39. The lowest BCUT2D eigenvalue weighted by Gasteiger charge is -2.28. The molecule has 0 spiro atoms. The number of para-hydroxylation sites is 1. The molecule has 2 aromatic carbocycles. The summed E-state index contributed by atoms with van der Waals surface area (Å²) < 4.78 is 38.0. The molecule has 0 radical (unpaired) electrons. The second-order valence-electron chi connectivity index (χ2n) is 8.45. The van der Waals surface area contributed by atoms with Gasteiger partial charge in [-0.3, -0.25) is 14.6 Å². The van der Waals surface area contributed by atoms with Crippen LogP contribution < -0.4 is 19.1 Å². The van der Waals surface area contributed by atoms with Gasteiger partial charge in [0, 0.05) is 31.7 Å². The van der Waals surface area contributed by atoms with E-state index in [-0.39, 0.29) is 23.8 Å². The molecule has 0 saturated carbocycles. The summed E-state index contributed by atoms with van der Waals surface area (Å²) in [7, 11) is 0. The Morgan fingerprint density at radius 1 is 1.08 bits per heavy atom. The van der Waals surface area contributed by atoms with Crippen LogP contribution in [-0.4, -0.2) is 75.0 Å². The summed E-state index contributed by atoms with van der Waals surface area (Å²) in [5, 5.41) is 0.455. The smallest absolute Gasteiger partial charge is 0.260 e. The van der Waals surface area contributed by atoms with Gasteiger partial charge < -0.3 is 18.9 Å². The van der Waals surface area contributed by atoms with E-state index >= 15 is 0 Å². The minimum Gasteiger partial charge on any atom is -0.490 e. The van der Waals surface area contributed by atoms with E-state index in [9.17, 15) is 9.18 Å². The zero-order valence-corrected chi connectivity index (χ0v) is 23.7. The third-order valence-corrected chi connectivity index (χ3v) is 6.99. The van der Waals surface area contributed by atoms with Crippen LogP contribution in [0, 0.1) is 5.82 Å². The lowest BCUT2D eigenvalue weighted by atomic mass is 10.1. The van der Waals surface area contributed by atoms with Gasteiger partial charge in [0.2, 0.25) is 5.75 Å². The van der Waals surface area contributed by atoms with Gasteiger partial charge in [-0.05, 0) is 51.5 Å². The molecule has 8 nitrogen and oxygen atoms in total. The largest absolute Gasteiger partial charge is 0.490 e. The highest BCUT2D eigenvalue weighted by atomic mass is 35.5. The number of ether oxygens (including phenoxy) is 4. The minimum absolute atomic E-state index is 0. The van der Waals surface area contributed by atoms with Gasteiger partial charge in [0.05, 0.1) is 37.7 Å². The fourth-order valence-corrected chi connectivity index (χ4v) is 5.25. The predicted molar refractivity (Wildman–Crippen MR) is 150 cm³/mol. The summed E-state index contributed by atoms with van der Waals surface area (Å²) in [6, 6.07) is 8.21. The third-order valence-electron chi connectivity index (χ3n) is 5.95. The zero-order chi connectivity index (χ0) is 26.2. The van der Waals surface area contributed by atoms with Crippen molar-refractivity contribution in [3.05, 3.63) is 41.7 Å². The van der Waals surface area contributed by atoms with Gasteiger partial charge >= 0.3 is 0 Å². The molecule has 0 atom stereocenters. The molecule has 11 heteroatoms. The number of amides is 1. The molecule has 4 rings (SSSR count). The van der Waals surface area contributed by atoms with E-state index in [1.54, 1.807) is 23.1 Å². The van der Waals surface area contributed by atoms with Crippen LogP contribution in [0.2, 0.25) is 0 Å². The number of fused-ring (bicyclic) bond motifs is 1. The molecule has 1 aromatic heterocycles. The number of anilines is 1. The molecule has 1 aliphatic rings. The number of aromatic nitrogens is 1. The summed E-state index contributed by atoms with van der Waals surface area (Å²) in [5.74, 6) is 0.707. The van der Waals surface area contributed by atoms with E-state index in [4.69, 9.17) is 18.9 Å². The fourth-order valence-electron chi connectivity index (χ4n) is 4.25. The molecule has 208 valence electrons. The van der Waals surface area contributed by atoms with Gasteiger partial charge in [-0.25, -0.2) is 9.37 Å². The number of halogens is 2. The molecule has 0 bridgehead atoms. The Balaban J connectivity index is 0.00000400. The summed E-state index contributed by atoms with van der Waals surface area (Å²) in [6.45, 7) is 11.3. The Kier molecular flexibility index (Phi) is 11.4. The summed E-state index contributed by atoms with van der Waals surface area (Å²) in [4.78, 5) is 22.5. The minimum atomic E-state index is -0.404. The van der Waals surface area contributed by atoms with Gasteiger partial charge in [-0.1, -0.05) is 17.4 Å². The van der Waals surface area contributed by atoms with Gasteiger partial charge in [0.1, 0.15) is 11.3 Å². The highest BCUT2D eigenvalue weighted by molar-refractivity contribution is 7.22. The van der Waals surface area contributed by atoms with E-state index in [0.717, 1.165) is 26.1 Å². The summed E-state index contributed by atoms with van der Waals surface area (Å²) in [5.41, 5.74) is 0.659. The number of rotatable bonds is 12. The zero-order valence-electron chi connectivity index (χ0n) is 22.0. The maximum Gasteiger partial charge on any atom is 0.260 e. The Labute approximate surface area is 233 Å². The van der Waals surface area contributed by atoms with Crippen LogP contribution in [0.1, 0.15) is 37.6 Å². The van der Waals surface area contributed by atoms with Crippen LogP contribution in [0.5, 0.6) is 17.2 Å². The molecule has 0 unspecified atom stereocenters. The SMILES string of the molecule is CCOc1cc(C(=O)N(CCCN2CCOCC2)c2nc3c(F)cccc3s2)cc(OCC)c1OCC.Cl. The van der Waals surface area contributed by atoms with Crippen molar-refractivity contribution in [3.63, 3.8) is 0 Å². The molecule has 1 fully saturated rings. The van der Waals surface area contributed by atoms with Gasteiger partial charge in [-0.2, -0.15) is 0 Å². The van der Waals surface area contributed by atoms with Crippen LogP contribution in [-0.2, 0) is 4.74 Å². The molecule has 0 aliphatic carbocycles. The quantitative estimate of drug-likeness (QED) is 0.289. The van der Waals surface area contributed by atoms with Crippen LogP contribution in [0.3, 0.4) is 0 Å². The second kappa shape index (κ2) is 14.5. The van der Waals surface area contributed by atoms with E-state index in [1.807, 2.05) is 26.8 Å². The number of nitrogens with zero attached hydrogens (tertiary/aromatic N) is 3. The number of benzene rings is 2. The van der Waals surface area contributed by atoms with Crippen molar-refractivity contribution in [1.82, 2.24) is 9.88 Å². The fraction of sp³-hybridized carbons (Fsp3) is 0.481. The Hall–Kier alpha value is -2.66. The molecule has 1 amide bonds.